The minimum atomic E-state index is 0.00129. The number of rotatable bonds is 5. The zero-order chi connectivity index (χ0) is 13.9. The molecule has 1 aromatic carbocycles. The molecule has 0 spiro atoms. The summed E-state index contributed by atoms with van der Waals surface area (Å²) in [5.41, 5.74) is 5.04. The van der Waals surface area contributed by atoms with Gasteiger partial charge in [-0.15, -0.1) is 0 Å². The zero-order valence-corrected chi connectivity index (χ0v) is 12.3. The van der Waals surface area contributed by atoms with E-state index in [2.05, 4.69) is 17.0 Å². The first-order chi connectivity index (χ1) is 9.10. The maximum Gasteiger partial charge on any atom is 0.251 e. The van der Waals surface area contributed by atoms with Gasteiger partial charge in [0.05, 0.1) is 0 Å². The van der Waals surface area contributed by atoms with Crippen molar-refractivity contribution in [2.24, 2.45) is 5.84 Å². The van der Waals surface area contributed by atoms with E-state index in [1.165, 1.54) is 19.3 Å². The Kier molecular flexibility index (Phi) is 4.37. The molecule has 5 heteroatoms. The number of nitrogen functional groups attached to an aromatic ring is 1. The smallest absolute Gasteiger partial charge is 0.251 e. The fourth-order valence-electron chi connectivity index (χ4n) is 2.37. The van der Waals surface area contributed by atoms with E-state index in [9.17, 15) is 4.79 Å². The third-order valence-electron chi connectivity index (χ3n) is 3.91. The van der Waals surface area contributed by atoms with E-state index in [1.807, 2.05) is 36.9 Å². The second-order valence-corrected chi connectivity index (χ2v) is 6.37. The monoisotopic (exact) mass is 279 g/mol. The van der Waals surface area contributed by atoms with E-state index >= 15 is 0 Å². The summed E-state index contributed by atoms with van der Waals surface area (Å²) >= 11 is 1.87. The number of benzene rings is 1. The Morgan fingerprint density at radius 2 is 2.21 bits per heavy atom. The molecule has 4 N–H and O–H groups in total. The van der Waals surface area contributed by atoms with E-state index in [1.54, 1.807) is 0 Å². The Morgan fingerprint density at radius 1 is 1.47 bits per heavy atom. The summed E-state index contributed by atoms with van der Waals surface area (Å²) in [6.45, 7) is 2.67. The number of carbonyl (C=O) groups excluding carboxylic acids is 1. The van der Waals surface area contributed by atoms with Crippen molar-refractivity contribution in [2.45, 2.75) is 30.9 Å². The minimum Gasteiger partial charge on any atom is -0.351 e. The Labute approximate surface area is 118 Å². The van der Waals surface area contributed by atoms with Crippen LogP contribution >= 0.6 is 11.8 Å². The molecule has 1 amide bonds. The van der Waals surface area contributed by atoms with Crippen molar-refractivity contribution < 1.29 is 4.79 Å². The molecular weight excluding hydrogens is 258 g/mol. The fourth-order valence-corrected chi connectivity index (χ4v) is 3.28. The molecule has 19 heavy (non-hydrogen) atoms. The molecule has 0 aromatic heterocycles. The number of anilines is 1. The number of nitrogens with two attached hydrogens (primary N) is 1. The second-order valence-electron chi connectivity index (χ2n) is 5.10. The second kappa shape index (κ2) is 5.84. The van der Waals surface area contributed by atoms with Crippen LogP contribution in [-0.2, 0) is 0 Å². The summed E-state index contributed by atoms with van der Waals surface area (Å²) in [6, 6.07) is 5.50. The number of carbonyl (C=O) groups is 1. The molecule has 1 aliphatic rings. The molecule has 1 aromatic rings. The van der Waals surface area contributed by atoms with Crippen LogP contribution in [0.4, 0.5) is 5.69 Å². The van der Waals surface area contributed by atoms with Crippen LogP contribution < -0.4 is 16.6 Å². The SMILES string of the molecule is CSC1(CNC(=O)c2ccc(NN)cc2C)CCC1. The third kappa shape index (κ3) is 3.04. The predicted molar refractivity (Wildman–Crippen MR) is 81.4 cm³/mol. The lowest BCUT2D eigenvalue weighted by Gasteiger charge is -2.40. The molecule has 1 saturated carbocycles. The van der Waals surface area contributed by atoms with Gasteiger partial charge in [0, 0.05) is 22.5 Å². The highest BCUT2D eigenvalue weighted by molar-refractivity contribution is 8.00. The predicted octanol–water partition coefficient (Wildman–Crippen LogP) is 2.30. The first-order valence-corrected chi connectivity index (χ1v) is 7.73. The quantitative estimate of drug-likeness (QED) is 0.571. The summed E-state index contributed by atoms with van der Waals surface area (Å²) in [7, 11) is 0. The highest BCUT2D eigenvalue weighted by atomic mass is 32.2. The number of aryl methyl sites for hydroxylation is 1. The molecule has 0 saturated heterocycles. The summed E-state index contributed by atoms with van der Waals surface area (Å²) in [4.78, 5) is 12.2. The summed E-state index contributed by atoms with van der Waals surface area (Å²) in [5.74, 6) is 5.35. The maximum absolute atomic E-state index is 12.2. The first-order valence-electron chi connectivity index (χ1n) is 6.51. The van der Waals surface area contributed by atoms with Crippen molar-refractivity contribution in [3.05, 3.63) is 29.3 Å². The van der Waals surface area contributed by atoms with Gasteiger partial charge in [0.25, 0.3) is 5.91 Å². The van der Waals surface area contributed by atoms with E-state index in [4.69, 9.17) is 5.84 Å². The van der Waals surface area contributed by atoms with Gasteiger partial charge < -0.3 is 10.7 Å². The highest BCUT2D eigenvalue weighted by Crippen LogP contribution is 2.42. The van der Waals surface area contributed by atoms with Gasteiger partial charge in [-0.2, -0.15) is 11.8 Å². The van der Waals surface area contributed by atoms with Gasteiger partial charge in [0.15, 0.2) is 0 Å². The minimum absolute atomic E-state index is 0.00129. The fraction of sp³-hybridized carbons (Fsp3) is 0.500. The molecule has 0 atom stereocenters. The van der Waals surface area contributed by atoms with Crippen LogP contribution in [0.3, 0.4) is 0 Å². The number of thioether (sulfide) groups is 1. The average Bonchev–Trinajstić information content (AvgIpc) is 2.37. The van der Waals surface area contributed by atoms with Gasteiger partial charge in [-0.1, -0.05) is 6.42 Å². The number of hydrazine groups is 1. The highest BCUT2D eigenvalue weighted by Gasteiger charge is 2.36. The molecule has 2 rings (SSSR count). The van der Waals surface area contributed by atoms with Crippen LogP contribution in [0.15, 0.2) is 18.2 Å². The van der Waals surface area contributed by atoms with Crippen molar-refractivity contribution in [1.29, 1.82) is 0 Å². The summed E-state index contributed by atoms with van der Waals surface area (Å²) < 4.78 is 0.266. The maximum atomic E-state index is 12.2. The lowest BCUT2D eigenvalue weighted by Crippen LogP contribution is -2.45. The van der Waals surface area contributed by atoms with Crippen molar-refractivity contribution in [2.75, 3.05) is 18.2 Å². The first kappa shape index (κ1) is 14.2. The van der Waals surface area contributed by atoms with Crippen molar-refractivity contribution in [3.63, 3.8) is 0 Å². The summed E-state index contributed by atoms with van der Waals surface area (Å²) in [6.07, 6.45) is 5.79. The molecule has 0 aliphatic heterocycles. The van der Waals surface area contributed by atoms with Gasteiger partial charge >= 0.3 is 0 Å². The molecule has 0 unspecified atom stereocenters. The molecular formula is C14H21N3OS. The van der Waals surface area contributed by atoms with Gasteiger partial charge in [-0.25, -0.2) is 0 Å². The Bertz CT molecular complexity index is 466. The molecule has 0 bridgehead atoms. The third-order valence-corrected chi connectivity index (χ3v) is 5.33. The molecule has 4 nitrogen and oxygen atoms in total. The van der Waals surface area contributed by atoms with E-state index in [0.717, 1.165) is 23.4 Å². The van der Waals surface area contributed by atoms with E-state index in [0.29, 0.717) is 0 Å². The molecule has 0 heterocycles. The molecule has 104 valence electrons. The van der Waals surface area contributed by atoms with Gasteiger partial charge in [-0.05, 0) is 49.8 Å². The number of amides is 1. The largest absolute Gasteiger partial charge is 0.351 e. The molecule has 0 radical (unpaired) electrons. The van der Waals surface area contributed by atoms with Crippen LogP contribution in [0.2, 0.25) is 0 Å². The number of nitrogens with one attached hydrogen (secondary N) is 2. The van der Waals surface area contributed by atoms with Gasteiger partial charge in [-0.3, -0.25) is 10.6 Å². The molecule has 1 fully saturated rings. The Hall–Kier alpha value is -1.20. The van der Waals surface area contributed by atoms with Crippen molar-refractivity contribution >= 4 is 23.4 Å². The topological polar surface area (TPSA) is 67.2 Å². The lowest BCUT2D eigenvalue weighted by molar-refractivity contribution is 0.0943. The molecule has 1 aliphatic carbocycles. The normalized spacial score (nSPS) is 16.6. The number of hydrogen-bond acceptors (Lipinski definition) is 4. The van der Waals surface area contributed by atoms with Crippen LogP contribution in [-0.4, -0.2) is 23.5 Å². The Balaban J connectivity index is 2.00. The van der Waals surface area contributed by atoms with Crippen molar-refractivity contribution in [3.8, 4) is 0 Å². The van der Waals surface area contributed by atoms with Crippen LogP contribution in [0.1, 0.15) is 35.2 Å². The zero-order valence-electron chi connectivity index (χ0n) is 11.5. The standard InChI is InChI=1S/C14H21N3OS/c1-10-8-11(17-15)4-5-12(10)13(18)16-9-14(19-2)6-3-7-14/h4-5,8,17H,3,6-7,9,15H2,1-2H3,(H,16,18). The van der Waals surface area contributed by atoms with Gasteiger partial charge in [0.1, 0.15) is 0 Å². The number of hydrogen-bond donors (Lipinski definition) is 3. The van der Waals surface area contributed by atoms with Crippen LogP contribution in [0.5, 0.6) is 0 Å². The van der Waals surface area contributed by atoms with Crippen LogP contribution in [0.25, 0.3) is 0 Å². The van der Waals surface area contributed by atoms with Gasteiger partial charge in [0.2, 0.25) is 0 Å². The van der Waals surface area contributed by atoms with E-state index in [-0.39, 0.29) is 10.7 Å². The average molecular weight is 279 g/mol. The van der Waals surface area contributed by atoms with Crippen LogP contribution in [0, 0.1) is 6.92 Å². The lowest BCUT2D eigenvalue weighted by atomic mass is 9.84. The Morgan fingerprint density at radius 3 is 2.68 bits per heavy atom. The van der Waals surface area contributed by atoms with Crippen molar-refractivity contribution in [1.82, 2.24) is 5.32 Å². The van der Waals surface area contributed by atoms with E-state index < -0.39 is 0 Å². The summed E-state index contributed by atoms with van der Waals surface area (Å²) in [5, 5.41) is 3.06.